The second kappa shape index (κ2) is 9.50. The molecule has 2 fully saturated rings. The fourth-order valence-corrected chi connectivity index (χ4v) is 5.20. The zero-order chi connectivity index (χ0) is 21.9. The van der Waals surface area contributed by atoms with Crippen LogP contribution in [0.4, 0.5) is 18.9 Å². The summed E-state index contributed by atoms with van der Waals surface area (Å²) in [5.41, 5.74) is 1.76. The van der Waals surface area contributed by atoms with Crippen LogP contribution in [0.15, 0.2) is 18.2 Å². The van der Waals surface area contributed by atoms with Gasteiger partial charge in [-0.1, -0.05) is 40.2 Å². The summed E-state index contributed by atoms with van der Waals surface area (Å²) in [5.74, 6) is 1.08. The SMILES string of the molecule is CCCCN1CCN(c2cc(C(F)(F)F)ccc2C2CCC(C(C)(C)C)CC2)CC1. The van der Waals surface area contributed by atoms with Crippen molar-refractivity contribution in [3.05, 3.63) is 29.3 Å². The Hall–Kier alpha value is -1.23. The molecule has 0 aromatic heterocycles. The van der Waals surface area contributed by atoms with Crippen molar-refractivity contribution in [2.45, 2.75) is 78.3 Å². The van der Waals surface area contributed by atoms with Crippen LogP contribution in [0.5, 0.6) is 0 Å². The minimum Gasteiger partial charge on any atom is -0.369 e. The fraction of sp³-hybridized carbons (Fsp3) is 0.760. The molecule has 1 heterocycles. The molecule has 0 atom stereocenters. The first-order valence-electron chi connectivity index (χ1n) is 11.8. The number of rotatable bonds is 5. The van der Waals surface area contributed by atoms with Gasteiger partial charge in [0.25, 0.3) is 0 Å². The van der Waals surface area contributed by atoms with Gasteiger partial charge >= 0.3 is 6.18 Å². The lowest BCUT2D eigenvalue weighted by molar-refractivity contribution is -0.137. The number of benzene rings is 1. The first-order valence-corrected chi connectivity index (χ1v) is 11.8. The Kier molecular flexibility index (Phi) is 7.42. The average molecular weight is 425 g/mol. The van der Waals surface area contributed by atoms with E-state index in [9.17, 15) is 13.2 Å². The minimum absolute atomic E-state index is 0.308. The van der Waals surface area contributed by atoms with E-state index in [0.717, 1.165) is 56.8 Å². The van der Waals surface area contributed by atoms with Gasteiger partial charge in [-0.25, -0.2) is 0 Å². The van der Waals surface area contributed by atoms with Crippen molar-refractivity contribution in [3.63, 3.8) is 0 Å². The fourth-order valence-electron chi connectivity index (χ4n) is 5.20. The summed E-state index contributed by atoms with van der Waals surface area (Å²) < 4.78 is 40.4. The van der Waals surface area contributed by atoms with Gasteiger partial charge in [-0.05, 0) is 73.6 Å². The Labute approximate surface area is 180 Å². The Morgan fingerprint density at radius 3 is 2.10 bits per heavy atom. The van der Waals surface area contributed by atoms with Crippen molar-refractivity contribution in [3.8, 4) is 0 Å². The molecule has 2 aliphatic rings. The number of anilines is 1. The molecule has 1 aliphatic heterocycles. The van der Waals surface area contributed by atoms with Gasteiger partial charge in [-0.15, -0.1) is 0 Å². The third kappa shape index (κ3) is 5.72. The molecule has 0 spiro atoms. The summed E-state index contributed by atoms with van der Waals surface area (Å²) in [7, 11) is 0. The lowest BCUT2D eigenvalue weighted by Crippen LogP contribution is -2.47. The third-order valence-corrected chi connectivity index (χ3v) is 7.29. The molecule has 2 nitrogen and oxygen atoms in total. The summed E-state index contributed by atoms with van der Waals surface area (Å²) in [5, 5.41) is 0. The quantitative estimate of drug-likeness (QED) is 0.505. The number of nitrogens with zero attached hydrogens (tertiary/aromatic N) is 2. The molecule has 0 unspecified atom stereocenters. The summed E-state index contributed by atoms with van der Waals surface area (Å²) in [6.07, 6.45) is 2.56. The molecule has 30 heavy (non-hydrogen) atoms. The molecule has 3 rings (SSSR count). The molecule has 0 bridgehead atoms. The van der Waals surface area contributed by atoms with Gasteiger partial charge < -0.3 is 4.90 Å². The van der Waals surface area contributed by atoms with Gasteiger partial charge in [0.15, 0.2) is 0 Å². The molecular weight excluding hydrogens is 385 g/mol. The molecule has 1 aliphatic carbocycles. The Balaban J connectivity index is 1.79. The number of unbranched alkanes of at least 4 members (excludes halogenated alkanes) is 1. The largest absolute Gasteiger partial charge is 0.416 e. The van der Waals surface area contributed by atoms with E-state index in [1.807, 2.05) is 0 Å². The Morgan fingerprint density at radius 1 is 0.933 bits per heavy atom. The zero-order valence-corrected chi connectivity index (χ0v) is 19.2. The zero-order valence-electron chi connectivity index (χ0n) is 19.2. The van der Waals surface area contributed by atoms with E-state index in [2.05, 4.69) is 37.5 Å². The topological polar surface area (TPSA) is 6.48 Å². The first-order chi connectivity index (χ1) is 14.1. The maximum atomic E-state index is 13.5. The molecule has 1 saturated heterocycles. The highest BCUT2D eigenvalue weighted by Gasteiger charge is 2.35. The van der Waals surface area contributed by atoms with E-state index in [4.69, 9.17) is 0 Å². The predicted molar refractivity (Wildman–Crippen MR) is 119 cm³/mol. The molecule has 1 aromatic rings. The second-order valence-corrected chi connectivity index (χ2v) is 10.4. The van der Waals surface area contributed by atoms with Gasteiger partial charge in [0, 0.05) is 31.9 Å². The third-order valence-electron chi connectivity index (χ3n) is 7.29. The summed E-state index contributed by atoms with van der Waals surface area (Å²) in [4.78, 5) is 4.66. The van der Waals surface area contributed by atoms with Crippen LogP contribution in [-0.2, 0) is 6.18 Å². The van der Waals surface area contributed by atoms with Crippen LogP contribution in [0.3, 0.4) is 0 Å². The Bertz CT molecular complexity index is 677. The van der Waals surface area contributed by atoms with Crippen LogP contribution in [0, 0.1) is 11.3 Å². The monoisotopic (exact) mass is 424 g/mol. The summed E-state index contributed by atoms with van der Waals surface area (Å²) >= 11 is 0. The van der Waals surface area contributed by atoms with Crippen LogP contribution in [0.2, 0.25) is 0 Å². The van der Waals surface area contributed by atoms with E-state index in [0.29, 0.717) is 17.3 Å². The maximum Gasteiger partial charge on any atom is 0.416 e. The highest BCUT2D eigenvalue weighted by atomic mass is 19.4. The van der Waals surface area contributed by atoms with Crippen LogP contribution in [0.25, 0.3) is 0 Å². The highest BCUT2D eigenvalue weighted by Crippen LogP contribution is 2.46. The molecular formula is C25H39F3N2. The van der Waals surface area contributed by atoms with E-state index in [1.54, 1.807) is 6.07 Å². The highest BCUT2D eigenvalue weighted by molar-refractivity contribution is 5.58. The number of hydrogen-bond donors (Lipinski definition) is 0. The van der Waals surface area contributed by atoms with E-state index >= 15 is 0 Å². The van der Waals surface area contributed by atoms with Crippen LogP contribution < -0.4 is 4.90 Å². The molecule has 170 valence electrons. The van der Waals surface area contributed by atoms with Crippen LogP contribution in [-0.4, -0.2) is 37.6 Å². The standard InChI is InChI=1S/C25H39F3N2/c1-5-6-13-29-14-16-30(17-15-29)23-18-21(25(26,27)28)11-12-22(23)19-7-9-20(10-8-19)24(2,3)4/h11-12,18-20H,5-10,13-17H2,1-4H3. The lowest BCUT2D eigenvalue weighted by Gasteiger charge is -2.40. The van der Waals surface area contributed by atoms with Crippen LogP contribution in [0.1, 0.15) is 83.3 Å². The summed E-state index contributed by atoms with van der Waals surface area (Å²) in [6.45, 7) is 13.7. The molecule has 5 heteroatoms. The molecule has 0 N–H and O–H groups in total. The first kappa shape index (κ1) is 23.4. The predicted octanol–water partition coefficient (Wildman–Crippen LogP) is 6.95. The van der Waals surface area contributed by atoms with Crippen LogP contribution >= 0.6 is 0 Å². The number of hydrogen-bond acceptors (Lipinski definition) is 2. The summed E-state index contributed by atoms with van der Waals surface area (Å²) in [6, 6.07) is 4.50. The molecule has 0 amide bonds. The van der Waals surface area contributed by atoms with Gasteiger partial charge in [0.05, 0.1) is 5.56 Å². The van der Waals surface area contributed by atoms with E-state index < -0.39 is 11.7 Å². The lowest BCUT2D eigenvalue weighted by atomic mass is 9.68. The Morgan fingerprint density at radius 2 is 1.57 bits per heavy atom. The second-order valence-electron chi connectivity index (χ2n) is 10.4. The van der Waals surface area contributed by atoms with Gasteiger partial charge in [0.1, 0.15) is 0 Å². The molecule has 0 radical (unpaired) electrons. The van der Waals surface area contributed by atoms with E-state index in [1.165, 1.54) is 37.8 Å². The van der Waals surface area contributed by atoms with Crippen molar-refractivity contribution in [2.24, 2.45) is 11.3 Å². The van der Waals surface area contributed by atoms with Crippen molar-refractivity contribution < 1.29 is 13.2 Å². The van der Waals surface area contributed by atoms with Gasteiger partial charge in [-0.2, -0.15) is 13.2 Å². The maximum absolute atomic E-state index is 13.5. The number of piperazine rings is 1. The smallest absolute Gasteiger partial charge is 0.369 e. The van der Waals surface area contributed by atoms with E-state index in [-0.39, 0.29) is 0 Å². The molecule has 1 saturated carbocycles. The van der Waals surface area contributed by atoms with Crippen molar-refractivity contribution in [1.82, 2.24) is 4.90 Å². The molecule has 1 aromatic carbocycles. The van der Waals surface area contributed by atoms with Crippen molar-refractivity contribution in [1.29, 1.82) is 0 Å². The normalized spacial score (nSPS) is 24.3. The van der Waals surface area contributed by atoms with Gasteiger partial charge in [-0.3, -0.25) is 4.90 Å². The number of halogens is 3. The van der Waals surface area contributed by atoms with Crippen molar-refractivity contribution in [2.75, 3.05) is 37.6 Å². The number of alkyl halides is 3. The minimum atomic E-state index is -4.29. The average Bonchev–Trinajstić information content (AvgIpc) is 2.71. The van der Waals surface area contributed by atoms with Gasteiger partial charge in [0.2, 0.25) is 0 Å². The van der Waals surface area contributed by atoms with Crippen molar-refractivity contribution >= 4 is 5.69 Å².